The Morgan fingerprint density at radius 1 is 1.18 bits per heavy atom. The molecule has 3 aliphatic heterocycles. The van der Waals surface area contributed by atoms with Gasteiger partial charge >= 0.3 is 6.01 Å². The van der Waals surface area contributed by atoms with Crippen LogP contribution in [-0.4, -0.2) is 97.9 Å². The number of likely N-dealkylation sites (N-methyl/N-ethyl adjacent to an activating group) is 1. The highest BCUT2D eigenvalue weighted by atomic mass is 35.5. The number of nitrogens with zero attached hydrogens (tertiary/aromatic N) is 7. The van der Waals surface area contributed by atoms with E-state index in [9.17, 15) is 10.1 Å². The van der Waals surface area contributed by atoms with E-state index in [2.05, 4.69) is 65.7 Å². The van der Waals surface area contributed by atoms with Crippen molar-refractivity contribution in [2.75, 3.05) is 69.9 Å². The SMILES string of the molecule is C=CC(=O)N1CCN(c2nc(OC[C@H]3COC[C@@H]3N(C)C)nc3c2CCN(c2cccc4cccc(Cl)c24)C3)CC1CC#N. The summed E-state index contributed by atoms with van der Waals surface area (Å²) >= 11 is 6.71. The van der Waals surface area contributed by atoms with Crippen LogP contribution in [-0.2, 0) is 22.5 Å². The predicted molar refractivity (Wildman–Crippen MR) is 171 cm³/mol. The molecule has 230 valence electrons. The van der Waals surface area contributed by atoms with Gasteiger partial charge in [0, 0.05) is 54.8 Å². The van der Waals surface area contributed by atoms with E-state index < -0.39 is 0 Å². The third-order valence-corrected chi connectivity index (χ3v) is 9.33. The fraction of sp³-hybridized carbons (Fsp3) is 0.455. The van der Waals surface area contributed by atoms with Gasteiger partial charge in [-0.05, 0) is 44.1 Å². The van der Waals surface area contributed by atoms with Crippen molar-refractivity contribution >= 4 is 39.8 Å². The first-order chi connectivity index (χ1) is 21.4. The van der Waals surface area contributed by atoms with Crippen LogP contribution in [0.15, 0.2) is 49.1 Å². The van der Waals surface area contributed by atoms with Crippen LogP contribution in [0.1, 0.15) is 17.7 Å². The third kappa shape index (κ3) is 5.92. The lowest BCUT2D eigenvalue weighted by Gasteiger charge is -2.42. The van der Waals surface area contributed by atoms with Crippen molar-refractivity contribution in [3.05, 3.63) is 65.3 Å². The molecule has 3 atom stereocenters. The van der Waals surface area contributed by atoms with Crippen molar-refractivity contribution < 1.29 is 14.3 Å². The zero-order chi connectivity index (χ0) is 30.8. The second kappa shape index (κ2) is 13.0. The van der Waals surface area contributed by atoms with E-state index in [-0.39, 0.29) is 30.3 Å². The molecular formula is C33H38ClN7O3. The number of fused-ring (bicyclic) bond motifs is 2. The van der Waals surface area contributed by atoms with Gasteiger partial charge in [0.1, 0.15) is 5.82 Å². The Morgan fingerprint density at radius 2 is 2.00 bits per heavy atom. The maximum Gasteiger partial charge on any atom is 0.318 e. The lowest BCUT2D eigenvalue weighted by Crippen LogP contribution is -2.55. The summed E-state index contributed by atoms with van der Waals surface area (Å²) < 4.78 is 12.1. The van der Waals surface area contributed by atoms with Crippen LogP contribution >= 0.6 is 11.6 Å². The Balaban J connectivity index is 1.34. The van der Waals surface area contributed by atoms with Gasteiger partial charge in [0.15, 0.2) is 0 Å². The standard InChI is InChI=1S/C33H38ClN7O3/c1-4-30(42)41-16-15-40(17-24(41)11-13-35)32-25-12-14-39(28-10-6-8-22-7-5-9-26(34)31(22)28)18-27(25)36-33(37-32)44-20-23-19-43-21-29(23)38(2)3/h4-10,23-24,29H,1,11-12,14-21H2,2-3H3/t23-,24?,29+/m1/s1. The largest absolute Gasteiger partial charge is 0.463 e. The molecule has 2 fully saturated rings. The van der Waals surface area contributed by atoms with Gasteiger partial charge in [0.2, 0.25) is 5.91 Å². The van der Waals surface area contributed by atoms with Crippen molar-refractivity contribution in [1.82, 2.24) is 19.8 Å². The number of benzene rings is 2. The number of aromatic nitrogens is 2. The number of ether oxygens (including phenoxy) is 2. The molecule has 0 radical (unpaired) electrons. The minimum atomic E-state index is -0.261. The normalized spacial score (nSPS) is 21.8. The molecule has 2 aromatic carbocycles. The predicted octanol–water partition coefficient (Wildman–Crippen LogP) is 3.92. The second-order valence-electron chi connectivity index (χ2n) is 11.9. The molecule has 3 aromatic rings. The molecule has 0 spiro atoms. The number of hydrogen-bond donors (Lipinski definition) is 0. The van der Waals surface area contributed by atoms with Crippen LogP contribution in [0.3, 0.4) is 0 Å². The van der Waals surface area contributed by atoms with Gasteiger partial charge < -0.3 is 29.1 Å². The topological polar surface area (TPSA) is 98.1 Å². The van der Waals surface area contributed by atoms with Crippen LogP contribution in [0.4, 0.5) is 11.5 Å². The van der Waals surface area contributed by atoms with E-state index in [4.69, 9.17) is 31.0 Å². The number of hydrogen-bond acceptors (Lipinski definition) is 9. The molecule has 0 N–H and O–H groups in total. The number of anilines is 2. The minimum Gasteiger partial charge on any atom is -0.463 e. The summed E-state index contributed by atoms with van der Waals surface area (Å²) in [7, 11) is 4.12. The molecule has 4 heterocycles. The van der Waals surface area contributed by atoms with Crippen LogP contribution in [0.2, 0.25) is 5.02 Å². The van der Waals surface area contributed by atoms with Crippen LogP contribution in [0.5, 0.6) is 6.01 Å². The van der Waals surface area contributed by atoms with E-state index in [1.165, 1.54) is 6.08 Å². The highest BCUT2D eigenvalue weighted by Crippen LogP contribution is 2.37. The van der Waals surface area contributed by atoms with Gasteiger partial charge in [-0.25, -0.2) is 0 Å². The van der Waals surface area contributed by atoms with Crippen molar-refractivity contribution in [2.24, 2.45) is 5.92 Å². The molecule has 2 saturated heterocycles. The molecule has 6 rings (SSSR count). The zero-order valence-electron chi connectivity index (χ0n) is 25.3. The lowest BCUT2D eigenvalue weighted by molar-refractivity contribution is -0.128. The van der Waals surface area contributed by atoms with E-state index >= 15 is 0 Å². The summed E-state index contributed by atoms with van der Waals surface area (Å²) in [5.74, 6) is 0.870. The van der Waals surface area contributed by atoms with Gasteiger partial charge in [-0.15, -0.1) is 0 Å². The minimum absolute atomic E-state index is 0.155. The second-order valence-corrected chi connectivity index (χ2v) is 12.3. The van der Waals surface area contributed by atoms with Gasteiger partial charge in [0.25, 0.3) is 0 Å². The maximum absolute atomic E-state index is 12.6. The number of halogens is 1. The summed E-state index contributed by atoms with van der Waals surface area (Å²) in [4.78, 5) is 30.9. The molecule has 1 unspecified atom stereocenters. The zero-order valence-corrected chi connectivity index (χ0v) is 26.0. The Labute approximate surface area is 263 Å². The Bertz CT molecular complexity index is 1590. The van der Waals surface area contributed by atoms with Gasteiger partial charge in [-0.2, -0.15) is 15.2 Å². The van der Waals surface area contributed by atoms with Crippen LogP contribution in [0.25, 0.3) is 10.8 Å². The number of nitriles is 1. The molecule has 0 bridgehead atoms. The molecule has 10 nitrogen and oxygen atoms in total. The first-order valence-electron chi connectivity index (χ1n) is 15.1. The van der Waals surface area contributed by atoms with Crippen molar-refractivity contribution in [3.63, 3.8) is 0 Å². The lowest BCUT2D eigenvalue weighted by atomic mass is 10.0. The maximum atomic E-state index is 12.6. The summed E-state index contributed by atoms with van der Waals surface area (Å²) in [5, 5.41) is 12.4. The highest BCUT2D eigenvalue weighted by molar-refractivity contribution is 6.36. The van der Waals surface area contributed by atoms with E-state index in [0.29, 0.717) is 52.0 Å². The summed E-state index contributed by atoms with van der Waals surface area (Å²) in [6.07, 6.45) is 2.29. The number of carbonyl (C=O) groups excluding carboxylic acids is 1. The first-order valence-corrected chi connectivity index (χ1v) is 15.5. The molecule has 3 aliphatic rings. The molecule has 0 saturated carbocycles. The molecule has 0 aliphatic carbocycles. The van der Waals surface area contributed by atoms with Crippen molar-refractivity contribution in [3.8, 4) is 12.1 Å². The average molecular weight is 616 g/mol. The fourth-order valence-corrected chi connectivity index (χ4v) is 6.97. The molecular weight excluding hydrogens is 578 g/mol. The number of amides is 1. The first kappa shape index (κ1) is 30.1. The quantitative estimate of drug-likeness (QED) is 0.349. The fourth-order valence-electron chi connectivity index (χ4n) is 6.69. The average Bonchev–Trinajstić information content (AvgIpc) is 3.52. The number of piperazine rings is 1. The van der Waals surface area contributed by atoms with E-state index in [1.54, 1.807) is 4.90 Å². The highest BCUT2D eigenvalue weighted by Gasteiger charge is 2.34. The van der Waals surface area contributed by atoms with Crippen molar-refractivity contribution in [1.29, 1.82) is 5.26 Å². The van der Waals surface area contributed by atoms with Gasteiger partial charge in [-0.1, -0.05) is 42.4 Å². The van der Waals surface area contributed by atoms with Gasteiger partial charge in [0.05, 0.1) is 55.6 Å². The Hall–Kier alpha value is -3.91. The third-order valence-electron chi connectivity index (χ3n) is 9.02. The van der Waals surface area contributed by atoms with Crippen molar-refractivity contribution in [2.45, 2.75) is 31.5 Å². The van der Waals surface area contributed by atoms with Gasteiger partial charge in [-0.3, -0.25) is 4.79 Å². The summed E-state index contributed by atoms with van der Waals surface area (Å²) in [5.41, 5.74) is 3.06. The van der Waals surface area contributed by atoms with Crippen LogP contribution < -0.4 is 14.5 Å². The summed E-state index contributed by atoms with van der Waals surface area (Å²) in [6, 6.07) is 14.8. The Kier molecular flexibility index (Phi) is 8.89. The molecule has 11 heteroatoms. The smallest absolute Gasteiger partial charge is 0.318 e. The number of rotatable bonds is 8. The molecule has 1 aromatic heterocycles. The van der Waals surface area contributed by atoms with E-state index in [1.807, 2.05) is 12.1 Å². The number of carbonyl (C=O) groups is 1. The molecule has 1 amide bonds. The monoisotopic (exact) mass is 615 g/mol. The van der Waals surface area contributed by atoms with Crippen LogP contribution in [0, 0.1) is 17.2 Å². The van der Waals surface area contributed by atoms with E-state index in [0.717, 1.165) is 51.5 Å². The molecule has 44 heavy (non-hydrogen) atoms. The summed E-state index contributed by atoms with van der Waals surface area (Å²) in [6.45, 7) is 8.33. The Morgan fingerprint density at radius 3 is 2.77 bits per heavy atom.